The Hall–Kier alpha value is -2.47. The van der Waals surface area contributed by atoms with Gasteiger partial charge in [-0.2, -0.15) is 0 Å². The molecule has 2 aromatic carbocycles. The predicted octanol–water partition coefficient (Wildman–Crippen LogP) is 3.15. The molecule has 136 valence electrons. The largest absolute Gasteiger partial charge is 0.339 e. The Morgan fingerprint density at radius 1 is 0.885 bits per heavy atom. The molecule has 2 aromatic rings. The Kier molecular flexibility index (Phi) is 5.52. The second-order valence-electron chi connectivity index (χ2n) is 6.13. The van der Waals surface area contributed by atoms with Crippen molar-refractivity contribution >= 4 is 23.4 Å². The molecule has 0 saturated carbocycles. The van der Waals surface area contributed by atoms with Crippen LogP contribution < -0.4 is 0 Å². The Bertz CT molecular complexity index is 799. The summed E-state index contributed by atoms with van der Waals surface area (Å²) in [6.45, 7) is 1.42. The third kappa shape index (κ3) is 4.38. The monoisotopic (exact) mass is 378 g/mol. The van der Waals surface area contributed by atoms with Crippen LogP contribution in [-0.2, 0) is 11.2 Å². The van der Waals surface area contributed by atoms with Crippen LogP contribution in [0.5, 0.6) is 0 Å². The second kappa shape index (κ2) is 7.83. The topological polar surface area (TPSA) is 40.6 Å². The summed E-state index contributed by atoms with van der Waals surface area (Å²) in [5.74, 6) is -2.04. The fourth-order valence-corrected chi connectivity index (χ4v) is 3.03. The molecule has 0 aliphatic carbocycles. The van der Waals surface area contributed by atoms with E-state index < -0.39 is 17.5 Å². The maximum atomic E-state index is 13.3. The minimum atomic E-state index is -0.787. The molecular formula is C19H17ClF2N2O2. The lowest BCUT2D eigenvalue weighted by Crippen LogP contribution is -2.51. The summed E-state index contributed by atoms with van der Waals surface area (Å²) in [5, 5.41) is 0.613. The fourth-order valence-electron chi connectivity index (χ4n) is 2.91. The summed E-state index contributed by atoms with van der Waals surface area (Å²) in [6.07, 6.45) is 0.264. The van der Waals surface area contributed by atoms with Gasteiger partial charge in [0.15, 0.2) is 0 Å². The number of hydrogen-bond donors (Lipinski definition) is 0. The molecule has 1 fully saturated rings. The minimum absolute atomic E-state index is 0.0246. The first-order valence-electron chi connectivity index (χ1n) is 8.20. The van der Waals surface area contributed by atoms with Crippen molar-refractivity contribution in [2.75, 3.05) is 26.2 Å². The van der Waals surface area contributed by atoms with Crippen molar-refractivity contribution in [3.05, 3.63) is 70.2 Å². The zero-order valence-electron chi connectivity index (χ0n) is 13.9. The van der Waals surface area contributed by atoms with Gasteiger partial charge in [0, 0.05) is 42.8 Å². The van der Waals surface area contributed by atoms with E-state index in [2.05, 4.69) is 0 Å². The van der Waals surface area contributed by atoms with Crippen molar-refractivity contribution in [3.63, 3.8) is 0 Å². The van der Waals surface area contributed by atoms with E-state index in [1.165, 1.54) is 4.90 Å². The van der Waals surface area contributed by atoms with Gasteiger partial charge in [-0.05, 0) is 29.8 Å². The molecule has 26 heavy (non-hydrogen) atoms. The molecule has 4 nitrogen and oxygen atoms in total. The van der Waals surface area contributed by atoms with Crippen molar-refractivity contribution in [2.24, 2.45) is 0 Å². The first kappa shape index (κ1) is 18.3. The van der Waals surface area contributed by atoms with Crippen LogP contribution in [0.3, 0.4) is 0 Å². The molecule has 0 N–H and O–H groups in total. The summed E-state index contributed by atoms with van der Waals surface area (Å²) >= 11 is 5.83. The van der Waals surface area contributed by atoms with Crippen LogP contribution in [-0.4, -0.2) is 47.8 Å². The maximum Gasteiger partial charge on any atom is 0.254 e. The van der Waals surface area contributed by atoms with Gasteiger partial charge in [0.25, 0.3) is 5.91 Å². The maximum absolute atomic E-state index is 13.3. The summed E-state index contributed by atoms with van der Waals surface area (Å²) in [5.41, 5.74) is 0.844. The SMILES string of the molecule is O=C(Cc1ccc(Cl)cc1)N1CCN(C(=O)c2cc(F)cc(F)c2)CC1. The van der Waals surface area contributed by atoms with Gasteiger partial charge >= 0.3 is 0 Å². The van der Waals surface area contributed by atoms with E-state index in [9.17, 15) is 18.4 Å². The number of hydrogen-bond acceptors (Lipinski definition) is 2. The highest BCUT2D eigenvalue weighted by molar-refractivity contribution is 6.30. The number of halogens is 3. The third-order valence-electron chi connectivity index (χ3n) is 4.30. The number of benzene rings is 2. The average molecular weight is 379 g/mol. The fraction of sp³-hybridized carbons (Fsp3) is 0.263. The van der Waals surface area contributed by atoms with Crippen LogP contribution in [0.25, 0.3) is 0 Å². The highest BCUT2D eigenvalue weighted by Gasteiger charge is 2.25. The molecule has 1 saturated heterocycles. The molecule has 0 atom stereocenters. The van der Waals surface area contributed by atoms with Gasteiger partial charge in [-0.3, -0.25) is 9.59 Å². The molecule has 0 radical (unpaired) electrons. The van der Waals surface area contributed by atoms with E-state index in [1.54, 1.807) is 29.2 Å². The van der Waals surface area contributed by atoms with Crippen LogP contribution in [0.4, 0.5) is 8.78 Å². The number of piperazine rings is 1. The lowest BCUT2D eigenvalue weighted by molar-refractivity contribution is -0.131. The molecular weight excluding hydrogens is 362 g/mol. The van der Waals surface area contributed by atoms with Crippen LogP contribution in [0, 0.1) is 11.6 Å². The van der Waals surface area contributed by atoms with Crippen molar-refractivity contribution in [2.45, 2.75) is 6.42 Å². The first-order valence-corrected chi connectivity index (χ1v) is 8.58. The van der Waals surface area contributed by atoms with Gasteiger partial charge in [-0.1, -0.05) is 23.7 Å². The zero-order valence-corrected chi connectivity index (χ0v) is 14.7. The Balaban J connectivity index is 1.57. The summed E-state index contributed by atoms with van der Waals surface area (Å²) in [4.78, 5) is 27.9. The predicted molar refractivity (Wildman–Crippen MR) is 94.0 cm³/mol. The van der Waals surface area contributed by atoms with Crippen molar-refractivity contribution < 1.29 is 18.4 Å². The van der Waals surface area contributed by atoms with Crippen LogP contribution in [0.15, 0.2) is 42.5 Å². The molecule has 1 aliphatic heterocycles. The highest BCUT2D eigenvalue weighted by Crippen LogP contribution is 2.14. The smallest absolute Gasteiger partial charge is 0.254 e. The van der Waals surface area contributed by atoms with Gasteiger partial charge in [-0.15, -0.1) is 0 Å². The van der Waals surface area contributed by atoms with Crippen LogP contribution >= 0.6 is 11.6 Å². The highest BCUT2D eigenvalue weighted by atomic mass is 35.5. The Morgan fingerprint density at radius 2 is 1.42 bits per heavy atom. The number of carbonyl (C=O) groups excluding carboxylic acids is 2. The zero-order chi connectivity index (χ0) is 18.7. The van der Waals surface area contributed by atoms with E-state index in [-0.39, 0.29) is 17.9 Å². The number of nitrogens with zero attached hydrogens (tertiary/aromatic N) is 2. The van der Waals surface area contributed by atoms with Crippen molar-refractivity contribution in [3.8, 4) is 0 Å². The quantitative estimate of drug-likeness (QED) is 0.823. The average Bonchev–Trinajstić information content (AvgIpc) is 2.62. The van der Waals surface area contributed by atoms with Gasteiger partial charge in [0.1, 0.15) is 11.6 Å². The van der Waals surface area contributed by atoms with E-state index in [4.69, 9.17) is 11.6 Å². The van der Waals surface area contributed by atoms with Crippen LogP contribution in [0.1, 0.15) is 15.9 Å². The van der Waals surface area contributed by atoms with Crippen molar-refractivity contribution in [1.29, 1.82) is 0 Å². The second-order valence-corrected chi connectivity index (χ2v) is 6.57. The number of rotatable bonds is 3. The lowest BCUT2D eigenvalue weighted by Gasteiger charge is -2.35. The Morgan fingerprint density at radius 3 is 2.00 bits per heavy atom. The van der Waals surface area contributed by atoms with E-state index in [0.29, 0.717) is 31.2 Å². The van der Waals surface area contributed by atoms with Gasteiger partial charge < -0.3 is 9.80 Å². The van der Waals surface area contributed by atoms with E-state index in [1.807, 2.05) is 0 Å². The molecule has 0 unspecified atom stereocenters. The normalized spacial score (nSPS) is 14.4. The Labute approximate surface area is 155 Å². The standard InChI is InChI=1S/C19H17ClF2N2O2/c20-15-3-1-13(2-4-15)9-18(25)23-5-7-24(8-6-23)19(26)14-10-16(21)12-17(22)11-14/h1-4,10-12H,5-9H2. The van der Waals surface area contributed by atoms with E-state index in [0.717, 1.165) is 23.8 Å². The number of amides is 2. The molecule has 0 bridgehead atoms. The minimum Gasteiger partial charge on any atom is -0.339 e. The third-order valence-corrected chi connectivity index (χ3v) is 4.55. The summed E-state index contributed by atoms with van der Waals surface area (Å²) in [7, 11) is 0. The molecule has 7 heteroatoms. The van der Waals surface area contributed by atoms with Crippen LogP contribution in [0.2, 0.25) is 5.02 Å². The van der Waals surface area contributed by atoms with Crippen molar-refractivity contribution in [1.82, 2.24) is 9.80 Å². The molecule has 0 spiro atoms. The van der Waals surface area contributed by atoms with Gasteiger partial charge in [-0.25, -0.2) is 8.78 Å². The summed E-state index contributed by atoms with van der Waals surface area (Å²) in [6, 6.07) is 9.84. The van der Waals surface area contributed by atoms with Gasteiger partial charge in [0.05, 0.1) is 6.42 Å². The number of carbonyl (C=O) groups is 2. The molecule has 1 heterocycles. The van der Waals surface area contributed by atoms with Gasteiger partial charge in [0.2, 0.25) is 5.91 Å². The lowest BCUT2D eigenvalue weighted by atomic mass is 10.1. The molecule has 0 aromatic heterocycles. The van der Waals surface area contributed by atoms with E-state index >= 15 is 0 Å². The molecule has 3 rings (SSSR count). The first-order chi connectivity index (χ1) is 12.4. The molecule has 2 amide bonds. The summed E-state index contributed by atoms with van der Waals surface area (Å²) < 4.78 is 26.6. The molecule has 1 aliphatic rings.